The lowest BCUT2D eigenvalue weighted by Gasteiger charge is -2.42. The van der Waals surface area contributed by atoms with Gasteiger partial charge in [0.15, 0.2) is 0 Å². The molecule has 1 N–H and O–H groups in total. The summed E-state index contributed by atoms with van der Waals surface area (Å²) in [6.07, 6.45) is 4.32. The molecule has 5 nitrogen and oxygen atoms in total. The van der Waals surface area contributed by atoms with Gasteiger partial charge in [0.25, 0.3) is 0 Å². The van der Waals surface area contributed by atoms with Gasteiger partial charge in [-0.2, -0.15) is 0 Å². The monoisotopic (exact) mass is 265 g/mol. The zero-order valence-corrected chi connectivity index (χ0v) is 11.6. The fourth-order valence-corrected chi connectivity index (χ4v) is 3.32. The van der Waals surface area contributed by atoms with Crippen molar-refractivity contribution in [2.75, 3.05) is 26.2 Å². The standard InChI is InChI=1S/C14H23N3O2/c1-2-16-7-3-4-11(8-16)17-9-12(18)15-13(14(17)19)10-5-6-10/h10-11,13H,2-9H2,1H3,(H,15,18). The lowest BCUT2D eigenvalue weighted by Crippen LogP contribution is -2.63. The molecule has 0 aromatic heterocycles. The van der Waals surface area contributed by atoms with Gasteiger partial charge >= 0.3 is 0 Å². The highest BCUT2D eigenvalue weighted by atomic mass is 16.2. The Kier molecular flexibility index (Phi) is 3.48. The number of carbonyl (C=O) groups excluding carboxylic acids is 2. The fourth-order valence-electron chi connectivity index (χ4n) is 3.32. The van der Waals surface area contributed by atoms with Gasteiger partial charge in [0.2, 0.25) is 11.8 Å². The molecular formula is C14H23N3O2. The van der Waals surface area contributed by atoms with Gasteiger partial charge in [-0.15, -0.1) is 0 Å². The molecule has 0 spiro atoms. The van der Waals surface area contributed by atoms with Gasteiger partial charge in [0, 0.05) is 12.6 Å². The molecule has 3 rings (SSSR count). The maximum absolute atomic E-state index is 12.5. The average molecular weight is 265 g/mol. The van der Waals surface area contributed by atoms with Gasteiger partial charge in [-0.3, -0.25) is 9.59 Å². The summed E-state index contributed by atoms with van der Waals surface area (Å²) < 4.78 is 0. The maximum Gasteiger partial charge on any atom is 0.246 e. The van der Waals surface area contributed by atoms with Crippen LogP contribution in [0.2, 0.25) is 0 Å². The molecule has 1 saturated carbocycles. The Labute approximate surface area is 114 Å². The number of nitrogens with one attached hydrogen (secondary N) is 1. The summed E-state index contributed by atoms with van der Waals surface area (Å²) in [4.78, 5) is 28.6. The van der Waals surface area contributed by atoms with E-state index in [0.717, 1.165) is 45.3 Å². The number of hydrogen-bond acceptors (Lipinski definition) is 3. The minimum Gasteiger partial charge on any atom is -0.342 e. The predicted octanol–water partition coefficient (Wildman–Crippen LogP) is 0.208. The molecule has 5 heteroatoms. The average Bonchev–Trinajstić information content (AvgIpc) is 3.25. The van der Waals surface area contributed by atoms with Crippen molar-refractivity contribution in [2.45, 2.75) is 44.7 Å². The largest absolute Gasteiger partial charge is 0.342 e. The second-order valence-electron chi connectivity index (χ2n) is 6.04. The van der Waals surface area contributed by atoms with Crippen LogP contribution < -0.4 is 5.32 Å². The van der Waals surface area contributed by atoms with E-state index in [-0.39, 0.29) is 30.4 Å². The van der Waals surface area contributed by atoms with Crippen LogP contribution in [0.1, 0.15) is 32.6 Å². The van der Waals surface area contributed by atoms with Gasteiger partial charge in [-0.25, -0.2) is 0 Å². The van der Waals surface area contributed by atoms with Crippen LogP contribution in [-0.2, 0) is 9.59 Å². The number of hydrogen-bond donors (Lipinski definition) is 1. The van der Waals surface area contributed by atoms with Crippen LogP contribution in [0.25, 0.3) is 0 Å². The zero-order chi connectivity index (χ0) is 13.4. The number of carbonyl (C=O) groups is 2. The Bertz CT molecular complexity index is 381. The SMILES string of the molecule is CCN1CCCC(N2CC(=O)NC(C3CC3)C2=O)C1. The summed E-state index contributed by atoms with van der Waals surface area (Å²) >= 11 is 0. The molecule has 19 heavy (non-hydrogen) atoms. The molecule has 3 fully saturated rings. The molecule has 2 amide bonds. The summed E-state index contributed by atoms with van der Waals surface area (Å²) in [6, 6.07) is -0.00764. The number of piperidine rings is 1. The van der Waals surface area contributed by atoms with Crippen LogP contribution in [0.15, 0.2) is 0 Å². The first-order chi connectivity index (χ1) is 9.19. The number of likely N-dealkylation sites (N-methyl/N-ethyl adjacent to an activating group) is 1. The normalized spacial score (nSPS) is 33.4. The summed E-state index contributed by atoms with van der Waals surface area (Å²) in [5, 5.41) is 2.88. The van der Waals surface area contributed by atoms with Crippen LogP contribution >= 0.6 is 0 Å². The summed E-state index contributed by atoms with van der Waals surface area (Å²) in [5.41, 5.74) is 0. The molecule has 2 atom stereocenters. The maximum atomic E-state index is 12.5. The second kappa shape index (κ2) is 5.12. The first-order valence-corrected chi connectivity index (χ1v) is 7.51. The summed E-state index contributed by atoms with van der Waals surface area (Å²) in [7, 11) is 0. The van der Waals surface area contributed by atoms with E-state index in [1.165, 1.54) is 0 Å². The van der Waals surface area contributed by atoms with Crippen LogP contribution in [0.4, 0.5) is 0 Å². The van der Waals surface area contributed by atoms with Crippen molar-refractivity contribution in [1.82, 2.24) is 15.1 Å². The number of amides is 2. The minimum atomic E-state index is -0.238. The Morgan fingerprint density at radius 3 is 2.74 bits per heavy atom. The van der Waals surface area contributed by atoms with Gasteiger partial charge in [0.05, 0.1) is 6.54 Å². The molecule has 3 aliphatic rings. The Morgan fingerprint density at radius 2 is 2.05 bits per heavy atom. The van der Waals surface area contributed by atoms with Gasteiger partial charge in [-0.05, 0) is 44.7 Å². The highest BCUT2D eigenvalue weighted by molar-refractivity contribution is 5.95. The first-order valence-electron chi connectivity index (χ1n) is 7.51. The van der Waals surface area contributed by atoms with E-state index in [1.54, 1.807) is 0 Å². The Morgan fingerprint density at radius 1 is 1.26 bits per heavy atom. The van der Waals surface area contributed by atoms with E-state index in [9.17, 15) is 9.59 Å². The second-order valence-corrected chi connectivity index (χ2v) is 6.04. The molecule has 0 bridgehead atoms. The predicted molar refractivity (Wildman–Crippen MR) is 71.5 cm³/mol. The van der Waals surface area contributed by atoms with Gasteiger partial charge in [0.1, 0.15) is 6.04 Å². The van der Waals surface area contributed by atoms with Crippen molar-refractivity contribution in [3.05, 3.63) is 0 Å². The van der Waals surface area contributed by atoms with Crippen LogP contribution in [0, 0.1) is 5.92 Å². The lowest BCUT2D eigenvalue weighted by molar-refractivity contribution is -0.148. The first kappa shape index (κ1) is 12.9. The molecule has 0 radical (unpaired) electrons. The smallest absolute Gasteiger partial charge is 0.246 e. The van der Waals surface area contributed by atoms with Crippen molar-refractivity contribution in [2.24, 2.45) is 5.92 Å². The molecule has 2 heterocycles. The van der Waals surface area contributed by atoms with E-state index in [1.807, 2.05) is 4.90 Å². The van der Waals surface area contributed by atoms with Crippen LogP contribution in [-0.4, -0.2) is 59.9 Å². The van der Waals surface area contributed by atoms with Crippen molar-refractivity contribution < 1.29 is 9.59 Å². The topological polar surface area (TPSA) is 52.6 Å². The number of rotatable bonds is 3. The van der Waals surface area contributed by atoms with E-state index in [0.29, 0.717) is 5.92 Å². The van der Waals surface area contributed by atoms with Crippen molar-refractivity contribution >= 4 is 11.8 Å². The third kappa shape index (κ3) is 2.61. The number of likely N-dealkylation sites (tertiary alicyclic amines) is 1. The molecular weight excluding hydrogens is 242 g/mol. The van der Waals surface area contributed by atoms with E-state index in [4.69, 9.17) is 0 Å². The lowest BCUT2D eigenvalue weighted by atomic mass is 10.00. The summed E-state index contributed by atoms with van der Waals surface area (Å²) in [5.74, 6) is 0.570. The number of piperazine rings is 1. The highest BCUT2D eigenvalue weighted by Gasteiger charge is 2.44. The van der Waals surface area contributed by atoms with Crippen LogP contribution in [0.3, 0.4) is 0 Å². The molecule has 2 saturated heterocycles. The molecule has 1 aliphatic carbocycles. The van der Waals surface area contributed by atoms with Crippen molar-refractivity contribution in [1.29, 1.82) is 0 Å². The molecule has 2 unspecified atom stereocenters. The van der Waals surface area contributed by atoms with E-state index >= 15 is 0 Å². The zero-order valence-electron chi connectivity index (χ0n) is 11.6. The Hall–Kier alpha value is -1.10. The third-order valence-electron chi connectivity index (χ3n) is 4.64. The minimum absolute atomic E-state index is 0.0186. The number of nitrogens with zero attached hydrogens (tertiary/aromatic N) is 2. The van der Waals surface area contributed by atoms with Crippen molar-refractivity contribution in [3.63, 3.8) is 0 Å². The fraction of sp³-hybridized carbons (Fsp3) is 0.857. The highest BCUT2D eigenvalue weighted by Crippen LogP contribution is 2.35. The molecule has 2 aliphatic heterocycles. The van der Waals surface area contributed by atoms with Crippen LogP contribution in [0.5, 0.6) is 0 Å². The van der Waals surface area contributed by atoms with Gasteiger partial charge < -0.3 is 15.1 Å². The molecule has 0 aromatic carbocycles. The van der Waals surface area contributed by atoms with Gasteiger partial charge in [-0.1, -0.05) is 6.92 Å². The third-order valence-corrected chi connectivity index (χ3v) is 4.64. The summed E-state index contributed by atoms with van der Waals surface area (Å²) in [6.45, 7) is 5.47. The molecule has 106 valence electrons. The van der Waals surface area contributed by atoms with E-state index < -0.39 is 0 Å². The van der Waals surface area contributed by atoms with Crippen molar-refractivity contribution in [3.8, 4) is 0 Å². The molecule has 0 aromatic rings. The van der Waals surface area contributed by atoms with E-state index in [2.05, 4.69) is 17.1 Å². The Balaban J connectivity index is 1.70. The quantitative estimate of drug-likeness (QED) is 0.793.